The molecule has 0 unspecified atom stereocenters. The second kappa shape index (κ2) is 12.0. The molecular formula is C25H30N8O5. The van der Waals surface area contributed by atoms with E-state index in [1.807, 2.05) is 0 Å². The van der Waals surface area contributed by atoms with Crippen molar-refractivity contribution in [2.24, 2.45) is 0 Å². The Morgan fingerprint density at radius 1 is 1.34 bits per heavy atom. The smallest absolute Gasteiger partial charge is 0.328 e. The number of aliphatic hydroxyl groups excluding tert-OH is 1. The summed E-state index contributed by atoms with van der Waals surface area (Å²) in [6, 6.07) is 4.97. The fraction of sp³-hybridized carbons (Fsp3) is 0.440. The number of nitriles is 1. The Morgan fingerprint density at radius 2 is 2.16 bits per heavy atom. The lowest BCUT2D eigenvalue weighted by Crippen LogP contribution is -2.55. The number of nitrogens with one attached hydrogen (secondary N) is 2. The molecule has 4 rings (SSSR count). The molecule has 3 N–H and O–H groups in total. The lowest BCUT2D eigenvalue weighted by molar-refractivity contribution is -0.157. The Bertz CT molecular complexity index is 1260. The fourth-order valence-electron chi connectivity index (χ4n) is 4.43. The van der Waals surface area contributed by atoms with Crippen molar-refractivity contribution in [3.63, 3.8) is 0 Å². The van der Waals surface area contributed by atoms with Gasteiger partial charge < -0.3 is 20.1 Å². The molecule has 200 valence electrons. The molecule has 3 amide bonds. The van der Waals surface area contributed by atoms with Crippen LogP contribution < -0.4 is 15.5 Å². The van der Waals surface area contributed by atoms with E-state index in [-0.39, 0.29) is 18.1 Å². The van der Waals surface area contributed by atoms with Crippen molar-refractivity contribution in [3.05, 3.63) is 40.7 Å². The molecule has 0 aromatic carbocycles. The summed E-state index contributed by atoms with van der Waals surface area (Å²) in [6.07, 6.45) is 2.09. The number of carbonyl (C=O) groups is 3. The Labute approximate surface area is 220 Å². The topological polar surface area (TPSA) is 164 Å². The Morgan fingerprint density at radius 3 is 2.89 bits per heavy atom. The predicted octanol–water partition coefficient (Wildman–Crippen LogP) is 0.796. The minimum atomic E-state index is -1.22. The van der Waals surface area contributed by atoms with Crippen LogP contribution in [-0.4, -0.2) is 96.3 Å². The number of ether oxygens (including phenoxy) is 1. The van der Waals surface area contributed by atoms with Crippen molar-refractivity contribution in [3.8, 4) is 6.07 Å². The number of likely N-dealkylation sites (N-methyl/N-ethyl adjacent to an activating group) is 1. The molecule has 0 bridgehead atoms. The van der Waals surface area contributed by atoms with Gasteiger partial charge in [0.15, 0.2) is 12.5 Å². The summed E-state index contributed by atoms with van der Waals surface area (Å²) >= 11 is 0. The highest BCUT2D eigenvalue weighted by Crippen LogP contribution is 2.29. The normalized spacial score (nSPS) is 17.5. The van der Waals surface area contributed by atoms with Crippen LogP contribution in [0.25, 0.3) is 0 Å². The number of urea groups is 1. The van der Waals surface area contributed by atoms with Crippen molar-refractivity contribution in [1.82, 2.24) is 19.8 Å². The molecule has 2 aromatic rings. The number of pyridine rings is 2. The predicted molar refractivity (Wildman–Crippen MR) is 138 cm³/mol. The molecular weight excluding hydrogens is 492 g/mol. The molecule has 0 saturated carbocycles. The lowest BCUT2D eigenvalue weighted by Gasteiger charge is -2.36. The van der Waals surface area contributed by atoms with Gasteiger partial charge in [-0.2, -0.15) is 5.26 Å². The maximum absolute atomic E-state index is 13.2. The van der Waals surface area contributed by atoms with Gasteiger partial charge in [-0.1, -0.05) is 0 Å². The third kappa shape index (κ3) is 5.72. The first-order valence-electron chi connectivity index (χ1n) is 12.2. The lowest BCUT2D eigenvalue weighted by atomic mass is 10.0. The first-order chi connectivity index (χ1) is 18.4. The minimum Gasteiger partial charge on any atom is -0.383 e. The second-order valence-electron chi connectivity index (χ2n) is 9.08. The Kier molecular flexibility index (Phi) is 8.47. The van der Waals surface area contributed by atoms with Gasteiger partial charge in [-0.05, 0) is 31.5 Å². The van der Waals surface area contributed by atoms with E-state index in [4.69, 9.17) is 4.74 Å². The van der Waals surface area contributed by atoms with Crippen molar-refractivity contribution in [2.75, 3.05) is 62.5 Å². The summed E-state index contributed by atoms with van der Waals surface area (Å²) in [5.41, 5.74) is 2.32. The van der Waals surface area contributed by atoms with Crippen LogP contribution in [0.15, 0.2) is 18.3 Å². The number of aliphatic hydroxyl groups is 1. The largest absolute Gasteiger partial charge is 0.383 e. The summed E-state index contributed by atoms with van der Waals surface area (Å²) in [5.74, 6) is 0.192. The van der Waals surface area contributed by atoms with Crippen LogP contribution in [-0.2, 0) is 22.5 Å². The van der Waals surface area contributed by atoms with Crippen LogP contribution >= 0.6 is 0 Å². The van der Waals surface area contributed by atoms with E-state index in [0.29, 0.717) is 74.5 Å². The van der Waals surface area contributed by atoms with E-state index in [0.717, 1.165) is 5.56 Å². The van der Waals surface area contributed by atoms with Crippen LogP contribution in [0.4, 0.5) is 22.1 Å². The van der Waals surface area contributed by atoms with Gasteiger partial charge in [0, 0.05) is 57.7 Å². The van der Waals surface area contributed by atoms with Crippen molar-refractivity contribution in [2.45, 2.75) is 25.6 Å². The van der Waals surface area contributed by atoms with Gasteiger partial charge in [0.1, 0.15) is 23.4 Å². The van der Waals surface area contributed by atoms with E-state index in [1.54, 1.807) is 31.2 Å². The molecule has 4 heterocycles. The van der Waals surface area contributed by atoms with Crippen LogP contribution in [0.1, 0.15) is 33.6 Å². The van der Waals surface area contributed by atoms with Crippen molar-refractivity contribution < 1.29 is 24.2 Å². The van der Waals surface area contributed by atoms with Crippen LogP contribution in [0, 0.1) is 11.3 Å². The average molecular weight is 523 g/mol. The van der Waals surface area contributed by atoms with Gasteiger partial charge in [0.2, 0.25) is 0 Å². The number of aromatic nitrogens is 2. The molecule has 38 heavy (non-hydrogen) atoms. The Balaban J connectivity index is 1.54. The summed E-state index contributed by atoms with van der Waals surface area (Å²) in [5, 5.41) is 25.3. The van der Waals surface area contributed by atoms with E-state index < -0.39 is 18.2 Å². The number of amides is 3. The highest BCUT2D eigenvalue weighted by Gasteiger charge is 2.32. The number of methoxy groups -OCH3 is 1. The van der Waals surface area contributed by atoms with Gasteiger partial charge in [0.25, 0.3) is 5.91 Å². The van der Waals surface area contributed by atoms with Gasteiger partial charge in [-0.3, -0.25) is 24.7 Å². The number of rotatable bonds is 8. The van der Waals surface area contributed by atoms with Gasteiger partial charge in [0.05, 0.1) is 17.9 Å². The summed E-state index contributed by atoms with van der Waals surface area (Å²) in [6.45, 7) is 2.36. The van der Waals surface area contributed by atoms with Gasteiger partial charge in [-0.25, -0.2) is 14.8 Å². The maximum Gasteiger partial charge on any atom is 0.328 e. The van der Waals surface area contributed by atoms with E-state index in [1.165, 1.54) is 16.0 Å². The fourth-order valence-corrected chi connectivity index (χ4v) is 4.43. The summed E-state index contributed by atoms with van der Waals surface area (Å²) in [4.78, 5) is 50.8. The standard InChI is InChI=1S/C25H30N8O5/c1-31-7-8-32(24(36)23(31)35)14-17-10-16-4-3-6-33(22(16)29-20(17)15-34)25(37)30-21-11-19(27-5-9-38-2)18(12-26)13-28-21/h10-11,13,15,23,35H,3-9,14H2,1-2H3,(H2,27,28,30,37)/t23-/m0/s1. The van der Waals surface area contributed by atoms with E-state index in [2.05, 4.69) is 26.7 Å². The maximum atomic E-state index is 13.2. The third-order valence-corrected chi connectivity index (χ3v) is 6.55. The number of carbonyl (C=O) groups excluding carboxylic acids is 3. The molecule has 2 aliphatic heterocycles. The molecule has 2 aliphatic rings. The van der Waals surface area contributed by atoms with Crippen LogP contribution in [0.3, 0.4) is 0 Å². The van der Waals surface area contributed by atoms with Crippen molar-refractivity contribution in [1.29, 1.82) is 5.26 Å². The first kappa shape index (κ1) is 26.9. The van der Waals surface area contributed by atoms with Crippen molar-refractivity contribution >= 4 is 35.5 Å². The van der Waals surface area contributed by atoms with E-state index in [9.17, 15) is 24.8 Å². The number of fused-ring (bicyclic) bond motifs is 1. The molecule has 2 aromatic heterocycles. The summed E-state index contributed by atoms with van der Waals surface area (Å²) < 4.78 is 5.03. The Hall–Kier alpha value is -4.12. The number of nitrogens with zero attached hydrogens (tertiary/aromatic N) is 6. The molecule has 13 nitrogen and oxygen atoms in total. The molecule has 1 atom stereocenters. The molecule has 0 aliphatic carbocycles. The van der Waals surface area contributed by atoms with E-state index >= 15 is 0 Å². The van der Waals surface area contributed by atoms with Gasteiger partial charge in [-0.15, -0.1) is 0 Å². The molecule has 0 radical (unpaired) electrons. The molecule has 1 fully saturated rings. The number of aldehydes is 1. The zero-order valence-corrected chi connectivity index (χ0v) is 21.3. The number of hydrogen-bond donors (Lipinski definition) is 3. The molecule has 13 heteroatoms. The molecule has 0 spiro atoms. The van der Waals surface area contributed by atoms with Gasteiger partial charge >= 0.3 is 6.03 Å². The second-order valence-corrected chi connectivity index (χ2v) is 9.08. The van der Waals surface area contributed by atoms with Crippen LogP contribution in [0.2, 0.25) is 0 Å². The zero-order chi connectivity index (χ0) is 27.2. The highest BCUT2D eigenvalue weighted by molar-refractivity contribution is 6.02. The van der Waals surface area contributed by atoms with Crippen LogP contribution in [0.5, 0.6) is 0 Å². The number of aryl methyl sites for hydroxylation is 1. The first-order valence-corrected chi connectivity index (χ1v) is 12.2. The SMILES string of the molecule is COCCNc1cc(NC(=O)N2CCCc3cc(CN4CCN(C)[C@@H](O)C4=O)c(C=O)nc32)ncc1C#N. The zero-order valence-electron chi connectivity index (χ0n) is 21.3. The number of piperazine rings is 1. The average Bonchev–Trinajstić information content (AvgIpc) is 2.92. The summed E-state index contributed by atoms with van der Waals surface area (Å²) in [7, 11) is 3.24. The number of anilines is 3. The number of hydrogen-bond acceptors (Lipinski definition) is 10. The molecule has 1 saturated heterocycles. The third-order valence-electron chi connectivity index (χ3n) is 6.55. The monoisotopic (exact) mass is 522 g/mol. The highest BCUT2D eigenvalue weighted by atomic mass is 16.5. The quantitative estimate of drug-likeness (QED) is 0.334. The minimum absolute atomic E-state index is 0.130.